The summed E-state index contributed by atoms with van der Waals surface area (Å²) in [5, 5.41) is 15.1. The molecule has 240 valence electrons. The number of nitriles is 1. The molecule has 0 saturated carbocycles. The van der Waals surface area contributed by atoms with E-state index in [1.165, 1.54) is 6.33 Å². The van der Waals surface area contributed by atoms with Crippen LogP contribution in [-0.2, 0) is 28.3 Å². The SMILES string of the molecule is CC(C)(C)[Si](C)(C)OC1C(O[Si](C)(C)C(C)(C)C)[C@](C#N)(c2ccc3c(N)ncnn23)O[C@@H]1CO[PH](=O)Oc1ccccc1. The molecule has 0 radical (unpaired) electrons. The lowest BCUT2D eigenvalue weighted by molar-refractivity contribution is -0.0587. The number of nitrogens with two attached hydrogens (primary N) is 1. The summed E-state index contributed by atoms with van der Waals surface area (Å²) in [6, 6.07) is 14.8. The Morgan fingerprint density at radius 2 is 1.64 bits per heavy atom. The van der Waals surface area contributed by atoms with E-state index < -0.39 is 48.8 Å². The van der Waals surface area contributed by atoms with Crippen LogP contribution in [0.3, 0.4) is 0 Å². The zero-order valence-corrected chi connectivity index (χ0v) is 30.4. The largest absolute Gasteiger partial charge is 0.426 e. The lowest BCUT2D eigenvalue weighted by atomic mass is 9.92. The maximum Gasteiger partial charge on any atom is 0.367 e. The minimum absolute atomic E-state index is 0.148. The fourth-order valence-corrected chi connectivity index (χ4v) is 7.86. The third kappa shape index (κ3) is 6.67. The van der Waals surface area contributed by atoms with Gasteiger partial charge in [0.15, 0.2) is 22.5 Å². The number of nitrogen functional groups attached to an aromatic ring is 1. The van der Waals surface area contributed by atoms with Crippen molar-refractivity contribution in [2.45, 2.75) is 102 Å². The molecule has 0 spiro atoms. The van der Waals surface area contributed by atoms with Crippen molar-refractivity contribution in [3.63, 3.8) is 0 Å². The van der Waals surface area contributed by atoms with Gasteiger partial charge in [0.25, 0.3) is 0 Å². The van der Waals surface area contributed by atoms with Gasteiger partial charge in [-0.15, -0.1) is 0 Å². The van der Waals surface area contributed by atoms with Crippen molar-refractivity contribution in [2.24, 2.45) is 0 Å². The second-order valence-electron chi connectivity index (χ2n) is 14.3. The Labute approximate surface area is 263 Å². The number of anilines is 1. The van der Waals surface area contributed by atoms with E-state index in [-0.39, 0.29) is 22.5 Å². The van der Waals surface area contributed by atoms with Crippen molar-refractivity contribution in [1.29, 1.82) is 5.26 Å². The molecule has 0 bridgehead atoms. The Balaban J connectivity index is 1.83. The first-order valence-corrected chi connectivity index (χ1v) is 21.8. The number of hydrogen-bond donors (Lipinski definition) is 1. The third-order valence-corrected chi connectivity index (χ3v) is 18.9. The quantitative estimate of drug-likeness (QED) is 0.185. The van der Waals surface area contributed by atoms with Crippen LogP contribution in [0, 0.1) is 11.3 Å². The van der Waals surface area contributed by atoms with E-state index >= 15 is 0 Å². The first-order valence-electron chi connectivity index (χ1n) is 14.8. The molecule has 2 N–H and O–H groups in total. The summed E-state index contributed by atoms with van der Waals surface area (Å²) < 4.78 is 46.8. The van der Waals surface area contributed by atoms with Crippen LogP contribution in [0.1, 0.15) is 47.2 Å². The molecule has 11 nitrogen and oxygen atoms in total. The number of para-hydroxylation sites is 1. The van der Waals surface area contributed by atoms with Gasteiger partial charge in [-0.25, -0.2) is 14.1 Å². The van der Waals surface area contributed by atoms with E-state index in [0.29, 0.717) is 17.0 Å². The second kappa shape index (κ2) is 12.3. The van der Waals surface area contributed by atoms with Gasteiger partial charge in [-0.3, -0.25) is 4.52 Å². The number of nitrogens with zero attached hydrogens (tertiary/aromatic N) is 4. The van der Waals surface area contributed by atoms with Crippen molar-refractivity contribution in [3.8, 4) is 11.8 Å². The molecular formula is C30H46N5O6PSi2. The smallest absolute Gasteiger partial charge is 0.367 e. The van der Waals surface area contributed by atoms with Crippen LogP contribution in [-0.4, -0.2) is 56.2 Å². The highest BCUT2D eigenvalue weighted by Gasteiger charge is 2.63. The molecule has 1 saturated heterocycles. The van der Waals surface area contributed by atoms with Gasteiger partial charge in [0.1, 0.15) is 42.0 Å². The fourth-order valence-electron chi connectivity index (χ4n) is 4.58. The van der Waals surface area contributed by atoms with Crippen molar-refractivity contribution >= 4 is 36.2 Å². The average Bonchev–Trinajstić information content (AvgIpc) is 3.47. The summed E-state index contributed by atoms with van der Waals surface area (Å²) in [5.41, 5.74) is 5.48. The minimum atomic E-state index is -2.97. The number of fused-ring (bicyclic) bond motifs is 1. The third-order valence-electron chi connectivity index (χ3n) is 9.21. The van der Waals surface area contributed by atoms with Gasteiger partial charge in [-0.2, -0.15) is 10.4 Å². The molecule has 3 heterocycles. The normalized spacial score (nSPS) is 23.9. The van der Waals surface area contributed by atoms with E-state index in [1.54, 1.807) is 40.9 Å². The van der Waals surface area contributed by atoms with E-state index in [4.69, 9.17) is 28.4 Å². The molecule has 44 heavy (non-hydrogen) atoms. The van der Waals surface area contributed by atoms with Crippen LogP contribution in [0.2, 0.25) is 36.3 Å². The molecule has 3 aromatic rings. The Morgan fingerprint density at radius 3 is 2.23 bits per heavy atom. The molecule has 1 aliphatic heterocycles. The highest BCUT2D eigenvalue weighted by Crippen LogP contribution is 2.50. The van der Waals surface area contributed by atoms with Crippen LogP contribution in [0.25, 0.3) is 5.52 Å². The van der Waals surface area contributed by atoms with Gasteiger partial charge in [0.05, 0.1) is 12.3 Å². The van der Waals surface area contributed by atoms with E-state index in [9.17, 15) is 9.83 Å². The van der Waals surface area contributed by atoms with Crippen LogP contribution in [0.4, 0.5) is 5.82 Å². The summed E-state index contributed by atoms with van der Waals surface area (Å²) in [5.74, 6) is 0.699. The number of ether oxygens (including phenoxy) is 1. The van der Waals surface area contributed by atoms with Crippen molar-refractivity contribution in [3.05, 3.63) is 54.5 Å². The first kappa shape index (κ1) is 34.3. The van der Waals surface area contributed by atoms with Gasteiger partial charge in [0, 0.05) is 0 Å². The molecule has 1 fully saturated rings. The van der Waals surface area contributed by atoms with E-state index in [1.807, 2.05) is 6.07 Å². The standard InChI is InChI=1S/C30H46N5O6PSi2/c1-28(2,3)43(7,8)40-25-23(18-37-42(36)39-21-14-12-11-13-15-21)38-30(19-31,26(25)41-44(9,10)29(4,5)6)24-17-16-22-27(32)33-20-34-35(22)24/h11-17,20,23,25-26,42H,18H2,1-10H3,(H2,32,33,34)/t23-,25?,26?,30+/m1/s1. The van der Waals surface area contributed by atoms with Crippen LogP contribution >= 0.6 is 8.25 Å². The molecule has 3 unspecified atom stereocenters. The van der Waals surface area contributed by atoms with Gasteiger partial charge >= 0.3 is 8.25 Å². The highest BCUT2D eigenvalue weighted by molar-refractivity contribution is 7.33. The molecule has 14 heteroatoms. The summed E-state index contributed by atoms with van der Waals surface area (Å²) in [6.07, 6.45) is -1.09. The molecular weight excluding hydrogens is 614 g/mol. The van der Waals surface area contributed by atoms with Crippen LogP contribution in [0.5, 0.6) is 5.75 Å². The number of aromatic nitrogens is 3. The molecule has 4 rings (SSSR count). The predicted octanol–water partition coefficient (Wildman–Crippen LogP) is 6.70. The number of rotatable bonds is 10. The van der Waals surface area contributed by atoms with Gasteiger partial charge in [-0.1, -0.05) is 59.7 Å². The van der Waals surface area contributed by atoms with Gasteiger partial charge in [-0.05, 0) is 60.5 Å². The van der Waals surface area contributed by atoms with Crippen molar-refractivity contribution in [1.82, 2.24) is 14.6 Å². The lowest BCUT2D eigenvalue weighted by Crippen LogP contribution is -2.56. The van der Waals surface area contributed by atoms with Crippen LogP contribution in [0.15, 0.2) is 48.8 Å². The Morgan fingerprint density at radius 1 is 1.02 bits per heavy atom. The zero-order chi connectivity index (χ0) is 32.7. The Bertz CT molecular complexity index is 1530. The highest BCUT2D eigenvalue weighted by atomic mass is 31.1. The van der Waals surface area contributed by atoms with Crippen molar-refractivity contribution in [2.75, 3.05) is 12.3 Å². The molecule has 2 aromatic heterocycles. The fraction of sp³-hybridized carbons (Fsp3) is 0.567. The minimum Gasteiger partial charge on any atom is -0.426 e. The Kier molecular flexibility index (Phi) is 9.61. The lowest BCUT2D eigenvalue weighted by Gasteiger charge is -2.45. The average molecular weight is 660 g/mol. The predicted molar refractivity (Wildman–Crippen MR) is 176 cm³/mol. The molecule has 0 amide bonds. The maximum absolute atomic E-state index is 13.0. The van der Waals surface area contributed by atoms with Crippen molar-refractivity contribution < 1.29 is 27.2 Å². The summed E-state index contributed by atoms with van der Waals surface area (Å²) >= 11 is 0. The van der Waals surface area contributed by atoms with E-state index in [2.05, 4.69) is 83.9 Å². The second-order valence-corrected chi connectivity index (χ2v) is 24.8. The summed E-state index contributed by atoms with van der Waals surface area (Å²) in [4.78, 5) is 4.11. The van der Waals surface area contributed by atoms with Gasteiger partial charge < -0.3 is 23.8 Å². The zero-order valence-electron chi connectivity index (χ0n) is 27.4. The van der Waals surface area contributed by atoms with Gasteiger partial charge in [0.2, 0.25) is 5.60 Å². The molecule has 5 atom stereocenters. The summed E-state index contributed by atoms with van der Waals surface area (Å²) in [6.45, 7) is 21.3. The number of hydrogen-bond acceptors (Lipinski definition) is 10. The molecule has 0 aliphatic carbocycles. The topological polar surface area (TPSA) is 143 Å². The molecule has 1 aliphatic rings. The first-order chi connectivity index (χ1) is 20.3. The summed E-state index contributed by atoms with van der Waals surface area (Å²) in [7, 11) is -7.98. The Hall–Kier alpha value is -2.57. The molecule has 1 aromatic carbocycles. The maximum atomic E-state index is 13.0. The monoisotopic (exact) mass is 659 g/mol. The van der Waals surface area contributed by atoms with Crippen LogP contribution < -0.4 is 10.3 Å². The van der Waals surface area contributed by atoms with E-state index in [0.717, 1.165) is 0 Å². The number of benzene rings is 1.